The lowest BCUT2D eigenvalue weighted by molar-refractivity contribution is -0.119. The van der Waals surface area contributed by atoms with Crippen molar-refractivity contribution in [1.82, 2.24) is 20.3 Å². The number of pyridine rings is 1. The van der Waals surface area contributed by atoms with E-state index in [-0.39, 0.29) is 24.8 Å². The lowest BCUT2D eigenvalue weighted by Crippen LogP contribution is -2.47. The summed E-state index contributed by atoms with van der Waals surface area (Å²) in [5.74, 6) is 0.792. The van der Waals surface area contributed by atoms with Crippen LogP contribution in [0.4, 0.5) is 38.1 Å². The number of nitrogens with one attached hydrogen (secondary N) is 2. The number of anilines is 5. The molecule has 4 heterocycles. The fraction of sp³-hybridized carbons (Fsp3) is 0.276. The molecule has 1 atom stereocenters. The van der Waals surface area contributed by atoms with E-state index in [9.17, 15) is 9.59 Å². The van der Waals surface area contributed by atoms with Crippen LogP contribution in [0.1, 0.15) is 6.92 Å². The minimum Gasteiger partial charge on any atom is -0.442 e. The third-order valence-corrected chi connectivity index (χ3v) is 7.15. The average Bonchev–Trinajstić information content (AvgIpc) is 3.37. The molecule has 0 bridgehead atoms. The maximum absolute atomic E-state index is 15.2. The van der Waals surface area contributed by atoms with Gasteiger partial charge in [-0.05, 0) is 17.5 Å². The van der Waals surface area contributed by atoms with Gasteiger partial charge in [-0.15, -0.1) is 0 Å². The van der Waals surface area contributed by atoms with E-state index < -0.39 is 18.0 Å². The van der Waals surface area contributed by atoms with Crippen molar-refractivity contribution in [1.29, 1.82) is 0 Å². The zero-order valence-corrected chi connectivity index (χ0v) is 22.5. The van der Waals surface area contributed by atoms with Crippen LogP contribution in [0.15, 0.2) is 67.0 Å². The summed E-state index contributed by atoms with van der Waals surface area (Å²) in [5, 5.41) is 8.18. The van der Waals surface area contributed by atoms with E-state index in [1.54, 1.807) is 6.20 Å². The number of rotatable bonds is 7. The van der Waals surface area contributed by atoms with Gasteiger partial charge in [-0.1, -0.05) is 36.4 Å². The molecule has 2 aromatic heterocycles. The molecule has 2 saturated heterocycles. The molecule has 2 fully saturated rings. The molecule has 12 heteroatoms. The van der Waals surface area contributed by atoms with Gasteiger partial charge in [0.05, 0.1) is 25.0 Å². The standard InChI is InChI=1S/C29H29FN8O3/c1-19(39)32-17-22-18-38(29(40)41-22)21-15-24(30)27(33-16-21)37-13-11-36(12-14-37)26-9-10-31-28(35-26)34-25-8-4-6-20-5-2-3-7-23(20)25/h2-10,15-16,22H,11-14,17-18H2,1H3,(H,32,39)(H,31,34,35)/t22-/m0/s1. The third kappa shape index (κ3) is 5.67. The molecular weight excluding hydrogens is 527 g/mol. The first-order valence-corrected chi connectivity index (χ1v) is 13.4. The molecule has 0 saturated carbocycles. The van der Waals surface area contributed by atoms with E-state index in [4.69, 9.17) is 9.72 Å². The van der Waals surface area contributed by atoms with Crippen LogP contribution >= 0.6 is 0 Å². The van der Waals surface area contributed by atoms with Crippen LogP contribution in [0.3, 0.4) is 0 Å². The van der Waals surface area contributed by atoms with E-state index in [0.29, 0.717) is 37.8 Å². The maximum Gasteiger partial charge on any atom is 0.414 e. The summed E-state index contributed by atoms with van der Waals surface area (Å²) in [7, 11) is 0. The number of aromatic nitrogens is 3. The number of hydrogen-bond donors (Lipinski definition) is 2. The van der Waals surface area contributed by atoms with Gasteiger partial charge in [0.2, 0.25) is 11.9 Å². The number of hydrogen-bond acceptors (Lipinski definition) is 9. The van der Waals surface area contributed by atoms with E-state index in [1.165, 1.54) is 24.1 Å². The molecule has 210 valence electrons. The highest BCUT2D eigenvalue weighted by Crippen LogP contribution is 2.28. The summed E-state index contributed by atoms with van der Waals surface area (Å²) in [6, 6.07) is 17.4. The van der Waals surface area contributed by atoms with E-state index in [2.05, 4.69) is 43.7 Å². The number of cyclic esters (lactones) is 1. The Morgan fingerprint density at radius 2 is 1.83 bits per heavy atom. The highest BCUT2D eigenvalue weighted by Gasteiger charge is 2.33. The van der Waals surface area contributed by atoms with Crippen molar-refractivity contribution in [3.63, 3.8) is 0 Å². The van der Waals surface area contributed by atoms with Gasteiger partial charge in [-0.2, -0.15) is 4.98 Å². The van der Waals surface area contributed by atoms with E-state index >= 15 is 4.39 Å². The molecule has 2 amide bonds. The fourth-order valence-electron chi connectivity index (χ4n) is 5.08. The first-order chi connectivity index (χ1) is 19.9. The number of nitrogens with zero attached hydrogens (tertiary/aromatic N) is 6. The second-order valence-corrected chi connectivity index (χ2v) is 9.92. The molecule has 0 unspecified atom stereocenters. The highest BCUT2D eigenvalue weighted by molar-refractivity contribution is 5.95. The minimum atomic E-state index is -0.595. The molecule has 11 nitrogen and oxygen atoms in total. The summed E-state index contributed by atoms with van der Waals surface area (Å²) >= 11 is 0. The Morgan fingerprint density at radius 3 is 2.63 bits per heavy atom. The molecule has 2 aliphatic heterocycles. The number of piperazine rings is 1. The van der Waals surface area contributed by atoms with Crippen molar-refractivity contribution in [2.24, 2.45) is 0 Å². The van der Waals surface area contributed by atoms with Crippen LogP contribution in [-0.4, -0.2) is 72.3 Å². The summed E-state index contributed by atoms with van der Waals surface area (Å²) in [4.78, 5) is 42.3. The Kier molecular flexibility index (Phi) is 7.19. The molecule has 0 aliphatic carbocycles. The number of carbonyl (C=O) groups is 2. The maximum atomic E-state index is 15.2. The second-order valence-electron chi connectivity index (χ2n) is 9.92. The molecule has 4 aromatic rings. The van der Waals surface area contributed by atoms with Gasteiger partial charge in [-0.25, -0.2) is 19.2 Å². The topological polar surface area (TPSA) is 116 Å². The van der Waals surface area contributed by atoms with Crippen LogP contribution in [0.2, 0.25) is 0 Å². The lowest BCUT2D eigenvalue weighted by atomic mass is 10.1. The Hall–Kier alpha value is -5.00. The molecule has 2 N–H and O–H groups in total. The molecule has 6 rings (SSSR count). The van der Waals surface area contributed by atoms with E-state index in [0.717, 1.165) is 22.3 Å². The Labute approximate surface area is 236 Å². The molecule has 0 spiro atoms. The zero-order chi connectivity index (χ0) is 28.3. The summed E-state index contributed by atoms with van der Waals surface area (Å²) < 4.78 is 20.4. The van der Waals surface area contributed by atoms with Crippen molar-refractivity contribution in [2.75, 3.05) is 59.3 Å². The largest absolute Gasteiger partial charge is 0.442 e. The predicted octanol–water partition coefficient (Wildman–Crippen LogP) is 3.70. The highest BCUT2D eigenvalue weighted by atomic mass is 19.1. The van der Waals surface area contributed by atoms with Crippen molar-refractivity contribution in [2.45, 2.75) is 13.0 Å². The quantitative estimate of drug-likeness (QED) is 0.352. The van der Waals surface area contributed by atoms with Crippen LogP contribution in [0.5, 0.6) is 0 Å². The van der Waals surface area contributed by atoms with E-state index in [1.807, 2.05) is 35.2 Å². The van der Waals surface area contributed by atoms with Crippen LogP contribution in [0.25, 0.3) is 10.8 Å². The second kappa shape index (κ2) is 11.2. The molecule has 0 radical (unpaired) electrons. The van der Waals surface area contributed by atoms with Crippen molar-refractivity contribution in [3.05, 3.63) is 72.8 Å². The van der Waals surface area contributed by atoms with Crippen molar-refractivity contribution < 1.29 is 18.7 Å². The van der Waals surface area contributed by atoms with Gasteiger partial charge in [-0.3, -0.25) is 9.69 Å². The van der Waals surface area contributed by atoms with Gasteiger partial charge in [0.25, 0.3) is 0 Å². The number of carbonyl (C=O) groups excluding carboxylic acids is 2. The molecule has 2 aliphatic rings. The van der Waals surface area contributed by atoms with Crippen molar-refractivity contribution in [3.8, 4) is 0 Å². The molecule has 2 aromatic carbocycles. The predicted molar refractivity (Wildman–Crippen MR) is 154 cm³/mol. The fourth-order valence-corrected chi connectivity index (χ4v) is 5.08. The number of amides is 2. The first-order valence-electron chi connectivity index (χ1n) is 13.4. The minimum absolute atomic E-state index is 0.197. The monoisotopic (exact) mass is 556 g/mol. The number of fused-ring (bicyclic) bond motifs is 1. The van der Waals surface area contributed by atoms with Gasteiger partial charge in [0.15, 0.2) is 11.6 Å². The molecular formula is C29H29FN8O3. The number of ether oxygens (including phenoxy) is 1. The third-order valence-electron chi connectivity index (χ3n) is 7.15. The van der Waals surface area contributed by atoms with Crippen molar-refractivity contribution >= 4 is 51.7 Å². The lowest BCUT2D eigenvalue weighted by Gasteiger charge is -2.36. The Balaban J connectivity index is 1.09. The SMILES string of the molecule is CC(=O)NC[C@H]1CN(c2cnc(N3CCN(c4ccnc(Nc5cccc6ccccc56)n4)CC3)c(F)c2)C(=O)O1. The normalized spacial score (nSPS) is 17.1. The number of halogens is 1. The zero-order valence-electron chi connectivity index (χ0n) is 22.5. The smallest absolute Gasteiger partial charge is 0.414 e. The summed E-state index contributed by atoms with van der Waals surface area (Å²) in [6.45, 7) is 4.13. The van der Waals surface area contributed by atoms with Crippen LogP contribution in [-0.2, 0) is 9.53 Å². The summed E-state index contributed by atoms with van der Waals surface area (Å²) in [6.07, 6.45) is 2.10. The van der Waals surface area contributed by atoms with Gasteiger partial charge < -0.3 is 25.2 Å². The first kappa shape index (κ1) is 26.2. The molecule has 41 heavy (non-hydrogen) atoms. The van der Waals surface area contributed by atoms with Gasteiger partial charge in [0, 0.05) is 56.4 Å². The Morgan fingerprint density at radius 1 is 1.05 bits per heavy atom. The number of benzene rings is 2. The average molecular weight is 557 g/mol. The Bertz CT molecular complexity index is 1590. The van der Waals surface area contributed by atoms with Crippen LogP contribution in [0, 0.1) is 5.82 Å². The van der Waals surface area contributed by atoms with Gasteiger partial charge >= 0.3 is 6.09 Å². The summed E-state index contributed by atoms with van der Waals surface area (Å²) in [5.41, 5.74) is 1.24. The van der Waals surface area contributed by atoms with Crippen LogP contribution < -0.4 is 25.3 Å². The van der Waals surface area contributed by atoms with Gasteiger partial charge in [0.1, 0.15) is 11.9 Å².